The van der Waals surface area contributed by atoms with E-state index in [1.165, 1.54) is 17.7 Å². The molecule has 1 N–H and O–H groups in total. The first-order valence-electron chi connectivity index (χ1n) is 13.7. The molecule has 0 fully saturated rings. The molecule has 0 saturated carbocycles. The Balaban J connectivity index is 0.00000329. The number of pyridine rings is 1. The zero-order valence-electron chi connectivity index (χ0n) is 23.8. The maximum atomic E-state index is 14.2. The Morgan fingerprint density at radius 1 is 0.907 bits per heavy atom. The second-order valence-electron chi connectivity index (χ2n) is 11.7. The maximum absolute atomic E-state index is 14.2. The summed E-state index contributed by atoms with van der Waals surface area (Å²) in [4.78, 5) is 9.52. The van der Waals surface area contributed by atoms with E-state index in [0.717, 1.165) is 22.6 Å². The Morgan fingerprint density at radius 2 is 1.63 bits per heavy atom. The fourth-order valence-electron chi connectivity index (χ4n) is 6.17. The van der Waals surface area contributed by atoms with Crippen LogP contribution in [-0.4, -0.2) is 21.6 Å². The minimum Gasteiger partial charge on any atom is -0.511 e. The van der Waals surface area contributed by atoms with E-state index in [4.69, 9.17) is 14.5 Å². The van der Waals surface area contributed by atoms with Gasteiger partial charge in [-0.05, 0) is 66.4 Å². The summed E-state index contributed by atoms with van der Waals surface area (Å²) in [7, 11) is 0. The molecule has 0 radical (unpaired) electrons. The third kappa shape index (κ3) is 4.71. The monoisotopic (exact) mass is 756 g/mol. The van der Waals surface area contributed by atoms with Crippen LogP contribution in [0.4, 0.5) is 8.78 Å². The first-order chi connectivity index (χ1) is 20.0. The van der Waals surface area contributed by atoms with Crippen molar-refractivity contribution in [3.05, 3.63) is 119 Å². The predicted molar refractivity (Wildman–Crippen MR) is 157 cm³/mol. The first kappa shape index (κ1) is 29.0. The zero-order chi connectivity index (χ0) is 29.4. The number of fused-ring (bicyclic) bond motifs is 4. The topological polar surface area (TPSA) is 63.9 Å². The summed E-state index contributed by atoms with van der Waals surface area (Å²) < 4.78 is 41.3. The van der Waals surface area contributed by atoms with Gasteiger partial charge in [0.2, 0.25) is 5.88 Å². The number of benzene rings is 4. The molecule has 4 aromatic carbocycles. The average molecular weight is 757 g/mol. The number of phenols is 1. The van der Waals surface area contributed by atoms with E-state index in [1.54, 1.807) is 24.3 Å². The van der Waals surface area contributed by atoms with Crippen molar-refractivity contribution >= 4 is 16.8 Å². The Labute approximate surface area is 262 Å². The zero-order valence-corrected chi connectivity index (χ0v) is 26.1. The molecule has 0 unspecified atom stereocenters. The third-order valence-electron chi connectivity index (χ3n) is 8.62. The van der Waals surface area contributed by atoms with Gasteiger partial charge in [0.25, 0.3) is 0 Å². The van der Waals surface area contributed by atoms with Gasteiger partial charge in [-0.1, -0.05) is 61.4 Å². The molecular formula is C35H27F2N2O3Pt-. The summed E-state index contributed by atoms with van der Waals surface area (Å²) in [6.07, 6.45) is 0. The second kappa shape index (κ2) is 10.3. The number of aromatic hydroxyl groups is 1. The van der Waals surface area contributed by atoms with Gasteiger partial charge in [-0.2, -0.15) is 0 Å². The second-order valence-corrected chi connectivity index (χ2v) is 11.7. The van der Waals surface area contributed by atoms with E-state index >= 15 is 0 Å². The van der Waals surface area contributed by atoms with Gasteiger partial charge in [-0.25, -0.2) is 13.8 Å². The van der Waals surface area contributed by atoms with Crippen LogP contribution in [0.2, 0.25) is 0 Å². The van der Waals surface area contributed by atoms with Gasteiger partial charge in [-0.15, -0.1) is 6.07 Å². The van der Waals surface area contributed by atoms with E-state index in [9.17, 15) is 13.9 Å². The van der Waals surface area contributed by atoms with Crippen LogP contribution in [0.5, 0.6) is 17.4 Å². The van der Waals surface area contributed by atoms with Crippen LogP contribution in [-0.2, 0) is 31.2 Å². The molecule has 2 aliphatic rings. The van der Waals surface area contributed by atoms with Crippen molar-refractivity contribution in [2.45, 2.75) is 44.8 Å². The van der Waals surface area contributed by atoms with Gasteiger partial charge in [0.15, 0.2) is 0 Å². The van der Waals surface area contributed by atoms with E-state index < -0.39 is 17.2 Å². The Kier molecular flexibility index (Phi) is 6.93. The van der Waals surface area contributed by atoms with Crippen LogP contribution in [0.25, 0.3) is 22.0 Å². The van der Waals surface area contributed by atoms with Crippen LogP contribution in [0, 0.1) is 24.6 Å². The molecule has 2 atom stereocenters. The molecule has 0 amide bonds. The molecule has 1 aromatic heterocycles. The molecule has 43 heavy (non-hydrogen) atoms. The summed E-state index contributed by atoms with van der Waals surface area (Å²) in [6, 6.07) is 25.0. The largest absolute Gasteiger partial charge is 0.511 e. The maximum Gasteiger partial charge on any atom is 0.217 e. The van der Waals surface area contributed by atoms with E-state index in [2.05, 4.69) is 44.0 Å². The number of nitrogens with zero attached hydrogens (tertiary/aromatic N) is 2. The molecule has 0 spiro atoms. The quantitative estimate of drug-likeness (QED) is 0.188. The van der Waals surface area contributed by atoms with Crippen LogP contribution in [0.15, 0.2) is 83.9 Å². The summed E-state index contributed by atoms with van der Waals surface area (Å²) in [6.45, 7) is 8.25. The number of aryl methyl sites for hydroxylation is 1. The van der Waals surface area contributed by atoms with Crippen LogP contribution < -0.4 is 4.74 Å². The van der Waals surface area contributed by atoms with Crippen molar-refractivity contribution in [3.8, 4) is 28.5 Å². The van der Waals surface area contributed by atoms with Crippen LogP contribution >= 0.6 is 0 Å². The number of aliphatic imine (C=N–C) groups is 1. The fourth-order valence-corrected chi connectivity index (χ4v) is 6.17. The summed E-state index contributed by atoms with van der Waals surface area (Å²) >= 11 is 0. The summed E-state index contributed by atoms with van der Waals surface area (Å²) in [5.41, 5.74) is 3.91. The minimum absolute atomic E-state index is 0. The molecular weight excluding hydrogens is 729 g/mol. The average Bonchev–Trinajstić information content (AvgIpc) is 3.38. The van der Waals surface area contributed by atoms with Crippen LogP contribution in [0.1, 0.15) is 49.1 Å². The molecule has 1 aliphatic heterocycles. The van der Waals surface area contributed by atoms with Gasteiger partial charge in [-0.3, -0.25) is 4.99 Å². The Bertz CT molecular complexity index is 1940. The Hall–Kier alpha value is -4.09. The number of hydrogen-bond donors (Lipinski definition) is 1. The normalized spacial score (nSPS) is 19.7. The van der Waals surface area contributed by atoms with Crippen LogP contribution in [0.3, 0.4) is 0 Å². The van der Waals surface area contributed by atoms with Crippen molar-refractivity contribution in [1.82, 2.24) is 4.98 Å². The Morgan fingerprint density at radius 3 is 2.40 bits per heavy atom. The molecule has 220 valence electrons. The molecule has 8 heteroatoms. The minimum atomic E-state index is -0.696. The number of ether oxygens (including phenoxy) is 2. The molecule has 5 nitrogen and oxygen atoms in total. The summed E-state index contributed by atoms with van der Waals surface area (Å²) in [5, 5.41) is 11.2. The number of rotatable bonds is 4. The van der Waals surface area contributed by atoms with Crippen molar-refractivity contribution in [2.75, 3.05) is 0 Å². The van der Waals surface area contributed by atoms with Crippen molar-refractivity contribution in [3.63, 3.8) is 0 Å². The van der Waals surface area contributed by atoms with Gasteiger partial charge in [0.05, 0.1) is 0 Å². The molecule has 2 heterocycles. The van der Waals surface area contributed by atoms with E-state index in [1.807, 2.05) is 31.2 Å². The smallest absolute Gasteiger partial charge is 0.217 e. The van der Waals surface area contributed by atoms with E-state index in [-0.39, 0.29) is 49.9 Å². The molecule has 5 aromatic rings. The third-order valence-corrected chi connectivity index (χ3v) is 8.62. The number of halogens is 2. The van der Waals surface area contributed by atoms with Gasteiger partial charge >= 0.3 is 0 Å². The number of hydrogen-bond acceptors (Lipinski definition) is 5. The SMILES string of the molecule is Cc1cc(O)c2nc(Oc3[c-]c(C4=N[C@H]5c6ccccc6C(C)(C)[C@@]5(C)O4)cc(-c4cc(F)cc(F)c4)c3)ccc2c1.[Pt]. The van der Waals surface area contributed by atoms with Crippen molar-refractivity contribution in [1.29, 1.82) is 0 Å². The standard InChI is InChI=1S/C35H27F2N2O3.Pt/c1-19-11-20-9-10-30(38-31(20)29(40)12-19)41-26-16-21(22-14-24(36)18-25(37)15-22)13-23(17-26)33-39-32-27-7-5-6-8-28(27)34(2,3)35(32,4)42-33;/h5-16,18,32,40H,1-4H3;/q-1;/t32-,35-;/m0./s1. The van der Waals surface area contributed by atoms with Gasteiger partial charge in [0.1, 0.15) is 40.4 Å². The molecule has 1 aliphatic carbocycles. The molecule has 0 saturated heterocycles. The fraction of sp³-hybridized carbons (Fsp3) is 0.200. The van der Waals surface area contributed by atoms with Gasteiger partial charge in [0, 0.05) is 49.7 Å². The number of aromatic nitrogens is 1. The first-order valence-corrected chi connectivity index (χ1v) is 13.7. The van der Waals surface area contributed by atoms with E-state index in [0.29, 0.717) is 28.1 Å². The predicted octanol–water partition coefficient (Wildman–Crippen LogP) is 8.35. The molecule has 0 bridgehead atoms. The molecule has 7 rings (SSSR count). The van der Waals surface area contributed by atoms with Gasteiger partial charge < -0.3 is 14.6 Å². The number of phenolic OH excluding ortho intramolecular Hbond substituents is 1. The summed E-state index contributed by atoms with van der Waals surface area (Å²) in [5.74, 6) is -0.510. The van der Waals surface area contributed by atoms with Crippen molar-refractivity contribution < 1.29 is 44.4 Å². The van der Waals surface area contributed by atoms with Crippen molar-refractivity contribution in [2.24, 2.45) is 4.99 Å².